The molecule has 4 rings (SSSR count). The smallest absolute Gasteiger partial charge is 0.340 e. The van der Waals surface area contributed by atoms with Gasteiger partial charge in [0.15, 0.2) is 5.60 Å². The lowest BCUT2D eigenvalue weighted by atomic mass is 9.76. The zero-order chi connectivity index (χ0) is 21.1. The van der Waals surface area contributed by atoms with Crippen LogP contribution in [0.2, 0.25) is 5.02 Å². The molecule has 0 saturated heterocycles. The van der Waals surface area contributed by atoms with Crippen molar-refractivity contribution in [2.45, 2.75) is 33.3 Å². The summed E-state index contributed by atoms with van der Waals surface area (Å²) in [5, 5.41) is 0.470. The third-order valence-electron chi connectivity index (χ3n) is 6.16. The van der Waals surface area contributed by atoms with E-state index in [0.717, 1.165) is 22.3 Å². The van der Waals surface area contributed by atoms with Gasteiger partial charge >= 0.3 is 5.97 Å². The molecule has 29 heavy (non-hydrogen) atoms. The number of esters is 1. The molecule has 0 radical (unpaired) electrons. The van der Waals surface area contributed by atoms with Crippen molar-refractivity contribution in [1.82, 2.24) is 0 Å². The normalized spacial score (nSPS) is 14.6. The zero-order valence-corrected chi connectivity index (χ0v) is 17.6. The molecule has 4 N–H and O–H groups in total. The summed E-state index contributed by atoms with van der Waals surface area (Å²) in [6.07, 6.45) is 0. The van der Waals surface area contributed by atoms with Gasteiger partial charge in [-0.05, 0) is 62.1 Å². The van der Waals surface area contributed by atoms with Crippen molar-refractivity contribution >= 4 is 28.9 Å². The molecule has 1 aliphatic rings. The van der Waals surface area contributed by atoms with Crippen LogP contribution in [-0.2, 0) is 10.3 Å². The first-order valence-corrected chi connectivity index (χ1v) is 9.82. The summed E-state index contributed by atoms with van der Waals surface area (Å²) in [7, 11) is 0. The van der Waals surface area contributed by atoms with Gasteiger partial charge in [0.25, 0.3) is 0 Å². The first-order chi connectivity index (χ1) is 13.7. The average Bonchev–Trinajstić information content (AvgIpc) is 2.97. The van der Waals surface area contributed by atoms with Crippen LogP contribution in [0, 0.1) is 27.7 Å². The van der Waals surface area contributed by atoms with Gasteiger partial charge in [0.1, 0.15) is 0 Å². The molecule has 3 aromatic carbocycles. The number of fused-ring (bicyclic) bond motifs is 1. The number of hydrogen-bond acceptors (Lipinski definition) is 4. The van der Waals surface area contributed by atoms with E-state index < -0.39 is 11.6 Å². The minimum Gasteiger partial charge on any atom is -0.440 e. The van der Waals surface area contributed by atoms with Gasteiger partial charge in [0, 0.05) is 33.1 Å². The molecule has 0 saturated carbocycles. The number of halogens is 1. The summed E-state index contributed by atoms with van der Waals surface area (Å²) in [5.74, 6) is -0.447. The SMILES string of the molecule is Cc1ccc(C2(c3ccc(C)c(C)c3N)OC(=O)c3cc(Cl)ccc32)c(N)c1C. The zero-order valence-electron chi connectivity index (χ0n) is 16.9. The molecule has 0 aromatic heterocycles. The Hall–Kier alpha value is -2.98. The van der Waals surface area contributed by atoms with Gasteiger partial charge in [-0.2, -0.15) is 0 Å². The van der Waals surface area contributed by atoms with E-state index in [-0.39, 0.29) is 0 Å². The van der Waals surface area contributed by atoms with Crippen LogP contribution in [0.5, 0.6) is 0 Å². The maximum absolute atomic E-state index is 12.9. The lowest BCUT2D eigenvalue weighted by molar-refractivity contribution is 0.0255. The van der Waals surface area contributed by atoms with Gasteiger partial charge in [0.2, 0.25) is 0 Å². The van der Waals surface area contributed by atoms with Crippen molar-refractivity contribution in [2.24, 2.45) is 0 Å². The molecule has 0 aliphatic carbocycles. The Bertz CT molecular complexity index is 1130. The molecule has 0 atom stereocenters. The molecule has 0 unspecified atom stereocenters. The highest BCUT2D eigenvalue weighted by Gasteiger charge is 2.51. The molecule has 0 amide bonds. The number of hydrogen-bond donors (Lipinski definition) is 2. The Morgan fingerprint density at radius 1 is 0.793 bits per heavy atom. The third-order valence-corrected chi connectivity index (χ3v) is 6.39. The number of rotatable bonds is 2. The topological polar surface area (TPSA) is 78.3 Å². The number of cyclic esters (lactones) is 1. The van der Waals surface area contributed by atoms with E-state index >= 15 is 0 Å². The monoisotopic (exact) mass is 406 g/mol. The fourth-order valence-electron chi connectivity index (χ4n) is 4.08. The minimum atomic E-state index is -1.23. The van der Waals surface area contributed by atoms with E-state index in [9.17, 15) is 4.79 Å². The van der Waals surface area contributed by atoms with E-state index in [1.165, 1.54) is 0 Å². The fourth-order valence-corrected chi connectivity index (χ4v) is 4.25. The van der Waals surface area contributed by atoms with E-state index in [1.54, 1.807) is 12.1 Å². The number of carbonyl (C=O) groups excluding carboxylic acids is 1. The second-order valence-corrected chi connectivity index (χ2v) is 8.13. The highest BCUT2D eigenvalue weighted by atomic mass is 35.5. The predicted octanol–water partition coefficient (Wildman–Crippen LogP) is 5.20. The number of aryl methyl sites for hydroxylation is 2. The van der Waals surface area contributed by atoms with Crippen LogP contribution in [0.15, 0.2) is 42.5 Å². The van der Waals surface area contributed by atoms with Crippen LogP contribution >= 0.6 is 11.6 Å². The Kier molecular flexibility index (Phi) is 4.35. The number of nitrogens with two attached hydrogens (primary N) is 2. The summed E-state index contributed by atoms with van der Waals surface area (Å²) >= 11 is 6.17. The van der Waals surface area contributed by atoms with Crippen molar-refractivity contribution in [3.8, 4) is 0 Å². The summed E-state index contributed by atoms with van der Waals surface area (Å²) in [4.78, 5) is 12.9. The van der Waals surface area contributed by atoms with Crippen LogP contribution in [0.1, 0.15) is 49.3 Å². The van der Waals surface area contributed by atoms with Gasteiger partial charge < -0.3 is 16.2 Å². The molecular weight excluding hydrogens is 384 g/mol. The van der Waals surface area contributed by atoms with Gasteiger partial charge in [-0.3, -0.25) is 0 Å². The van der Waals surface area contributed by atoms with Crippen molar-refractivity contribution in [3.05, 3.63) is 92.0 Å². The Labute approximate surface area is 175 Å². The molecule has 1 heterocycles. The van der Waals surface area contributed by atoms with Crippen molar-refractivity contribution < 1.29 is 9.53 Å². The number of anilines is 2. The molecule has 1 aliphatic heterocycles. The van der Waals surface area contributed by atoms with Crippen LogP contribution < -0.4 is 11.5 Å². The Morgan fingerprint density at radius 3 is 1.79 bits per heavy atom. The molecule has 0 fully saturated rings. The predicted molar refractivity (Wildman–Crippen MR) is 117 cm³/mol. The highest BCUT2D eigenvalue weighted by molar-refractivity contribution is 6.31. The van der Waals surface area contributed by atoms with Crippen molar-refractivity contribution in [1.29, 1.82) is 0 Å². The first-order valence-electron chi connectivity index (χ1n) is 9.44. The van der Waals surface area contributed by atoms with Gasteiger partial charge in [-0.25, -0.2) is 4.79 Å². The van der Waals surface area contributed by atoms with Crippen LogP contribution in [0.25, 0.3) is 0 Å². The van der Waals surface area contributed by atoms with E-state index in [0.29, 0.717) is 38.7 Å². The largest absolute Gasteiger partial charge is 0.440 e. The molecule has 0 spiro atoms. The van der Waals surface area contributed by atoms with E-state index in [1.807, 2.05) is 58.0 Å². The number of carbonyl (C=O) groups is 1. The second-order valence-electron chi connectivity index (χ2n) is 7.70. The van der Waals surface area contributed by atoms with Crippen LogP contribution in [-0.4, -0.2) is 5.97 Å². The lowest BCUT2D eigenvalue weighted by Gasteiger charge is -2.33. The maximum atomic E-state index is 12.9. The number of benzene rings is 3. The Balaban J connectivity index is 2.16. The second kappa shape index (κ2) is 6.53. The van der Waals surface area contributed by atoms with E-state index in [4.69, 9.17) is 27.8 Å². The fraction of sp³-hybridized carbons (Fsp3) is 0.208. The summed E-state index contributed by atoms with van der Waals surface area (Å²) < 4.78 is 6.14. The summed E-state index contributed by atoms with van der Waals surface area (Å²) in [6, 6.07) is 13.0. The number of nitrogen functional groups attached to an aromatic ring is 2. The van der Waals surface area contributed by atoms with Crippen LogP contribution in [0.3, 0.4) is 0 Å². The number of ether oxygens (including phenoxy) is 1. The standard InChI is InChI=1S/C24H23ClN2O2/c1-12-5-8-19(21(26)14(12)3)24(20-9-6-13(2)15(4)22(20)27)18-10-7-16(25)11-17(18)23(28)29-24/h5-11H,26-27H2,1-4H3. The minimum absolute atomic E-state index is 0.424. The average molecular weight is 407 g/mol. The van der Waals surface area contributed by atoms with Gasteiger partial charge in [-0.15, -0.1) is 0 Å². The summed E-state index contributed by atoms with van der Waals surface area (Å²) in [5.41, 5.74) is 19.6. The third kappa shape index (κ3) is 2.63. The highest BCUT2D eigenvalue weighted by Crippen LogP contribution is 2.51. The molecule has 0 bridgehead atoms. The molecular formula is C24H23ClN2O2. The lowest BCUT2D eigenvalue weighted by Crippen LogP contribution is -2.32. The molecule has 148 valence electrons. The first kappa shape index (κ1) is 19.3. The van der Waals surface area contributed by atoms with E-state index in [2.05, 4.69) is 0 Å². The quantitative estimate of drug-likeness (QED) is 0.452. The van der Waals surface area contributed by atoms with Crippen molar-refractivity contribution in [2.75, 3.05) is 11.5 Å². The van der Waals surface area contributed by atoms with Crippen molar-refractivity contribution in [3.63, 3.8) is 0 Å². The molecule has 4 nitrogen and oxygen atoms in total. The molecule has 5 heteroatoms. The van der Waals surface area contributed by atoms with Gasteiger partial charge in [-0.1, -0.05) is 41.9 Å². The van der Waals surface area contributed by atoms with Crippen LogP contribution in [0.4, 0.5) is 11.4 Å². The Morgan fingerprint density at radius 2 is 1.28 bits per heavy atom. The molecule has 3 aromatic rings. The maximum Gasteiger partial charge on any atom is 0.340 e. The van der Waals surface area contributed by atoms with Gasteiger partial charge in [0.05, 0.1) is 5.56 Å². The summed E-state index contributed by atoms with van der Waals surface area (Å²) in [6.45, 7) is 7.93.